The van der Waals surface area contributed by atoms with Crippen molar-refractivity contribution >= 4 is 0 Å². The van der Waals surface area contributed by atoms with Gasteiger partial charge in [0, 0.05) is 5.41 Å². The molecule has 2 heteroatoms. The first-order valence-corrected chi connectivity index (χ1v) is 5.15. The van der Waals surface area contributed by atoms with Crippen LogP contribution in [0.2, 0.25) is 0 Å². The standard InChI is InChI=1S/C11H22O2/c1-8-5-6-11(4,9(13)7-12)10(8,2)3/h8-9,12-13H,5-7H2,1-4H3. The first kappa shape index (κ1) is 11.0. The van der Waals surface area contributed by atoms with Crippen LogP contribution in [0.25, 0.3) is 0 Å². The molecule has 0 radical (unpaired) electrons. The number of hydrogen-bond acceptors (Lipinski definition) is 2. The summed E-state index contributed by atoms with van der Waals surface area (Å²) < 4.78 is 0. The number of aliphatic hydroxyl groups is 2. The third-order valence-electron chi connectivity index (χ3n) is 4.71. The molecule has 1 rings (SSSR count). The topological polar surface area (TPSA) is 40.5 Å². The molecule has 2 nitrogen and oxygen atoms in total. The van der Waals surface area contributed by atoms with Gasteiger partial charge in [-0.05, 0) is 24.2 Å². The minimum Gasteiger partial charge on any atom is -0.394 e. The summed E-state index contributed by atoms with van der Waals surface area (Å²) in [6.07, 6.45) is 1.59. The van der Waals surface area contributed by atoms with Crippen molar-refractivity contribution in [3.05, 3.63) is 0 Å². The summed E-state index contributed by atoms with van der Waals surface area (Å²) in [7, 11) is 0. The summed E-state index contributed by atoms with van der Waals surface area (Å²) in [6.45, 7) is 8.60. The van der Waals surface area contributed by atoms with Crippen LogP contribution in [0.4, 0.5) is 0 Å². The molecule has 13 heavy (non-hydrogen) atoms. The van der Waals surface area contributed by atoms with Crippen molar-refractivity contribution in [1.29, 1.82) is 0 Å². The van der Waals surface area contributed by atoms with Crippen molar-refractivity contribution < 1.29 is 10.2 Å². The molecule has 1 saturated carbocycles. The van der Waals surface area contributed by atoms with Gasteiger partial charge in [0.15, 0.2) is 0 Å². The molecule has 78 valence electrons. The molecule has 0 amide bonds. The van der Waals surface area contributed by atoms with Gasteiger partial charge in [0.2, 0.25) is 0 Å². The van der Waals surface area contributed by atoms with Gasteiger partial charge >= 0.3 is 0 Å². The molecule has 1 aliphatic rings. The van der Waals surface area contributed by atoms with E-state index in [0.29, 0.717) is 5.92 Å². The monoisotopic (exact) mass is 186 g/mol. The van der Waals surface area contributed by atoms with Crippen LogP contribution >= 0.6 is 0 Å². The highest BCUT2D eigenvalue weighted by atomic mass is 16.3. The van der Waals surface area contributed by atoms with E-state index in [2.05, 4.69) is 27.7 Å². The molecular weight excluding hydrogens is 164 g/mol. The lowest BCUT2D eigenvalue weighted by Gasteiger charge is -2.43. The van der Waals surface area contributed by atoms with Gasteiger partial charge in [-0.3, -0.25) is 0 Å². The van der Waals surface area contributed by atoms with Gasteiger partial charge in [-0.25, -0.2) is 0 Å². The fraction of sp³-hybridized carbons (Fsp3) is 1.00. The molecule has 3 unspecified atom stereocenters. The van der Waals surface area contributed by atoms with Crippen molar-refractivity contribution in [3.63, 3.8) is 0 Å². The Kier molecular flexibility index (Phi) is 2.75. The highest BCUT2D eigenvalue weighted by Crippen LogP contribution is 2.57. The van der Waals surface area contributed by atoms with Crippen LogP contribution < -0.4 is 0 Å². The molecule has 0 aromatic carbocycles. The zero-order valence-electron chi connectivity index (χ0n) is 9.17. The Bertz CT molecular complexity index is 189. The number of rotatable bonds is 2. The Hall–Kier alpha value is -0.0800. The molecule has 0 heterocycles. The third kappa shape index (κ3) is 1.40. The molecule has 0 saturated heterocycles. The van der Waals surface area contributed by atoms with E-state index < -0.39 is 6.10 Å². The molecule has 2 N–H and O–H groups in total. The fourth-order valence-corrected chi connectivity index (χ4v) is 2.56. The van der Waals surface area contributed by atoms with E-state index in [-0.39, 0.29) is 17.4 Å². The van der Waals surface area contributed by atoms with Crippen LogP contribution in [0.1, 0.15) is 40.5 Å². The Morgan fingerprint density at radius 1 is 1.38 bits per heavy atom. The quantitative estimate of drug-likeness (QED) is 0.690. The van der Waals surface area contributed by atoms with Crippen molar-refractivity contribution in [3.8, 4) is 0 Å². The Labute approximate surface area is 81.0 Å². The first-order valence-electron chi connectivity index (χ1n) is 5.15. The average Bonchev–Trinajstić information content (AvgIpc) is 2.29. The number of hydrogen-bond donors (Lipinski definition) is 2. The molecule has 3 atom stereocenters. The van der Waals surface area contributed by atoms with E-state index in [4.69, 9.17) is 5.11 Å². The fourth-order valence-electron chi connectivity index (χ4n) is 2.56. The maximum absolute atomic E-state index is 9.82. The van der Waals surface area contributed by atoms with E-state index in [1.54, 1.807) is 0 Å². The van der Waals surface area contributed by atoms with Crippen molar-refractivity contribution in [2.24, 2.45) is 16.7 Å². The Morgan fingerprint density at radius 2 is 1.92 bits per heavy atom. The molecule has 0 bridgehead atoms. The third-order valence-corrected chi connectivity index (χ3v) is 4.71. The summed E-state index contributed by atoms with van der Waals surface area (Å²) in [5, 5.41) is 18.8. The first-order chi connectivity index (χ1) is 5.86. The highest BCUT2D eigenvalue weighted by Gasteiger charge is 2.53. The summed E-state index contributed by atoms with van der Waals surface area (Å²) in [5.74, 6) is 0.624. The van der Waals surface area contributed by atoms with E-state index in [1.165, 1.54) is 0 Å². The Morgan fingerprint density at radius 3 is 2.23 bits per heavy atom. The Balaban J connectivity index is 2.91. The molecule has 0 spiro atoms. The van der Waals surface area contributed by atoms with Gasteiger partial charge in [0.25, 0.3) is 0 Å². The smallest absolute Gasteiger partial charge is 0.0829 e. The van der Waals surface area contributed by atoms with Crippen LogP contribution in [-0.2, 0) is 0 Å². The van der Waals surface area contributed by atoms with Crippen LogP contribution in [-0.4, -0.2) is 22.9 Å². The average molecular weight is 186 g/mol. The van der Waals surface area contributed by atoms with Gasteiger partial charge in [-0.15, -0.1) is 0 Å². The minimum absolute atomic E-state index is 0.118. The molecule has 0 aromatic heterocycles. The van der Waals surface area contributed by atoms with Gasteiger partial charge in [0.05, 0.1) is 12.7 Å². The van der Waals surface area contributed by atoms with Gasteiger partial charge in [-0.1, -0.05) is 27.7 Å². The van der Waals surface area contributed by atoms with Crippen molar-refractivity contribution in [2.45, 2.75) is 46.6 Å². The maximum Gasteiger partial charge on any atom is 0.0829 e. The van der Waals surface area contributed by atoms with Crippen LogP contribution in [0, 0.1) is 16.7 Å². The second-order valence-electron chi connectivity index (χ2n) is 5.28. The summed E-state index contributed by atoms with van der Waals surface area (Å²) in [5.41, 5.74) is -0.00366. The zero-order valence-corrected chi connectivity index (χ0v) is 9.17. The lowest BCUT2D eigenvalue weighted by Crippen LogP contribution is -2.44. The van der Waals surface area contributed by atoms with E-state index in [9.17, 15) is 5.11 Å². The lowest BCUT2D eigenvalue weighted by molar-refractivity contribution is -0.0659. The van der Waals surface area contributed by atoms with E-state index in [1.807, 2.05) is 0 Å². The molecule has 0 aliphatic heterocycles. The molecular formula is C11H22O2. The molecule has 1 aliphatic carbocycles. The normalized spacial score (nSPS) is 40.6. The van der Waals surface area contributed by atoms with E-state index >= 15 is 0 Å². The summed E-state index contributed by atoms with van der Waals surface area (Å²) in [4.78, 5) is 0. The van der Waals surface area contributed by atoms with Gasteiger partial charge in [0.1, 0.15) is 0 Å². The van der Waals surface area contributed by atoms with Crippen LogP contribution in [0.3, 0.4) is 0 Å². The highest BCUT2D eigenvalue weighted by molar-refractivity contribution is 5.02. The summed E-state index contributed by atoms with van der Waals surface area (Å²) >= 11 is 0. The second-order valence-corrected chi connectivity index (χ2v) is 5.28. The van der Waals surface area contributed by atoms with Crippen LogP contribution in [0.15, 0.2) is 0 Å². The van der Waals surface area contributed by atoms with Gasteiger partial charge < -0.3 is 10.2 Å². The predicted molar refractivity (Wildman–Crippen MR) is 53.4 cm³/mol. The second kappa shape index (κ2) is 3.25. The van der Waals surface area contributed by atoms with Crippen molar-refractivity contribution in [2.75, 3.05) is 6.61 Å². The lowest BCUT2D eigenvalue weighted by atomic mass is 9.63. The predicted octanol–water partition coefficient (Wildman–Crippen LogP) is 1.80. The zero-order chi connectivity index (χ0) is 10.3. The van der Waals surface area contributed by atoms with E-state index in [0.717, 1.165) is 12.8 Å². The molecule has 1 fully saturated rings. The van der Waals surface area contributed by atoms with Gasteiger partial charge in [-0.2, -0.15) is 0 Å². The summed E-state index contributed by atoms with van der Waals surface area (Å²) in [6, 6.07) is 0. The number of aliphatic hydroxyl groups excluding tert-OH is 2. The largest absolute Gasteiger partial charge is 0.394 e. The molecule has 0 aromatic rings. The van der Waals surface area contributed by atoms with Crippen LogP contribution in [0.5, 0.6) is 0 Å². The minimum atomic E-state index is -0.576. The van der Waals surface area contributed by atoms with Crippen molar-refractivity contribution in [1.82, 2.24) is 0 Å². The maximum atomic E-state index is 9.82. The SMILES string of the molecule is CC1CCC(C)(C(O)CO)C1(C)C.